The second-order valence-corrected chi connectivity index (χ2v) is 2.39. The lowest BCUT2D eigenvalue weighted by atomic mass is 10.2. The average molecular weight is 235 g/mol. The van der Waals surface area contributed by atoms with Gasteiger partial charge in [0.25, 0.3) is 5.56 Å². The molecule has 96 valence electrons. The predicted octanol–water partition coefficient (Wildman–Crippen LogP) is 4.61. The molecule has 0 aliphatic rings. The van der Waals surface area contributed by atoms with E-state index in [2.05, 4.69) is 4.98 Å². The second-order valence-electron chi connectivity index (χ2n) is 2.39. The number of aromatic nitrogens is 1. The molecule has 2 aromatic rings. The Kier molecular flexibility index (Phi) is 13.1. The Balaban J connectivity index is 0. The van der Waals surface area contributed by atoms with E-state index in [0.717, 1.165) is 10.8 Å². The molecular weight excluding hydrogens is 210 g/mol. The highest BCUT2D eigenvalue weighted by molar-refractivity contribution is 5.80. The van der Waals surface area contributed by atoms with Gasteiger partial charge in [0.05, 0.1) is 0 Å². The number of benzene rings is 1. The van der Waals surface area contributed by atoms with Gasteiger partial charge >= 0.3 is 0 Å². The SMILES string of the molecule is CC.CC.CC.O=c1[nH]ccc2ccccc12. The van der Waals surface area contributed by atoms with E-state index in [1.807, 2.05) is 71.9 Å². The van der Waals surface area contributed by atoms with Crippen molar-refractivity contribution in [2.75, 3.05) is 0 Å². The molecule has 2 heteroatoms. The normalized spacial score (nSPS) is 7.65. The molecule has 0 radical (unpaired) electrons. The molecule has 2 rings (SSSR count). The van der Waals surface area contributed by atoms with Crippen LogP contribution >= 0.6 is 0 Å². The Morgan fingerprint density at radius 1 is 0.824 bits per heavy atom. The zero-order valence-corrected chi connectivity index (χ0v) is 11.9. The fourth-order valence-electron chi connectivity index (χ4n) is 1.13. The first-order chi connectivity index (χ1) is 8.38. The van der Waals surface area contributed by atoms with Gasteiger partial charge in [-0.3, -0.25) is 4.79 Å². The molecule has 0 amide bonds. The van der Waals surface area contributed by atoms with Gasteiger partial charge < -0.3 is 4.98 Å². The summed E-state index contributed by atoms with van der Waals surface area (Å²) in [5.74, 6) is 0. The molecule has 17 heavy (non-hydrogen) atoms. The van der Waals surface area contributed by atoms with Gasteiger partial charge in [0.2, 0.25) is 0 Å². The Hall–Kier alpha value is -1.57. The van der Waals surface area contributed by atoms with E-state index < -0.39 is 0 Å². The van der Waals surface area contributed by atoms with Crippen LogP contribution in [0.3, 0.4) is 0 Å². The monoisotopic (exact) mass is 235 g/mol. The van der Waals surface area contributed by atoms with Crippen molar-refractivity contribution in [2.45, 2.75) is 41.5 Å². The summed E-state index contributed by atoms with van der Waals surface area (Å²) in [7, 11) is 0. The summed E-state index contributed by atoms with van der Waals surface area (Å²) in [5, 5.41) is 1.73. The summed E-state index contributed by atoms with van der Waals surface area (Å²) in [6.45, 7) is 12.0. The third-order valence-electron chi connectivity index (χ3n) is 1.68. The fourth-order valence-corrected chi connectivity index (χ4v) is 1.13. The van der Waals surface area contributed by atoms with Crippen molar-refractivity contribution in [3.05, 3.63) is 46.9 Å². The smallest absolute Gasteiger partial charge is 0.255 e. The first kappa shape index (κ1) is 17.8. The molecule has 0 unspecified atom stereocenters. The van der Waals surface area contributed by atoms with Crippen LogP contribution in [0.1, 0.15) is 41.5 Å². The Labute approximate surface area is 105 Å². The Morgan fingerprint density at radius 3 is 1.88 bits per heavy atom. The Morgan fingerprint density at radius 2 is 1.35 bits per heavy atom. The highest BCUT2D eigenvalue weighted by Crippen LogP contribution is 2.05. The van der Waals surface area contributed by atoms with E-state index in [9.17, 15) is 4.79 Å². The van der Waals surface area contributed by atoms with E-state index >= 15 is 0 Å². The number of aromatic amines is 1. The van der Waals surface area contributed by atoms with Crippen LogP contribution in [0.5, 0.6) is 0 Å². The van der Waals surface area contributed by atoms with Crippen molar-refractivity contribution in [3.8, 4) is 0 Å². The highest BCUT2D eigenvalue weighted by Gasteiger charge is 1.92. The first-order valence-electron chi connectivity index (χ1n) is 6.44. The number of pyridine rings is 1. The largest absolute Gasteiger partial charge is 0.329 e. The van der Waals surface area contributed by atoms with Gasteiger partial charge in [0.1, 0.15) is 0 Å². The van der Waals surface area contributed by atoms with Gasteiger partial charge in [-0.25, -0.2) is 0 Å². The van der Waals surface area contributed by atoms with Gasteiger partial charge in [-0.05, 0) is 17.5 Å². The third kappa shape index (κ3) is 5.91. The van der Waals surface area contributed by atoms with E-state index in [1.165, 1.54) is 0 Å². The van der Waals surface area contributed by atoms with Gasteiger partial charge in [-0.1, -0.05) is 59.7 Å². The summed E-state index contributed by atoms with van der Waals surface area (Å²) in [4.78, 5) is 13.7. The van der Waals surface area contributed by atoms with Crippen LogP contribution in [0.15, 0.2) is 41.3 Å². The molecule has 2 nitrogen and oxygen atoms in total. The fraction of sp³-hybridized carbons (Fsp3) is 0.400. The lowest BCUT2D eigenvalue weighted by molar-refractivity contribution is 1.28. The zero-order valence-electron chi connectivity index (χ0n) is 11.9. The Bertz CT molecular complexity index is 427. The minimum Gasteiger partial charge on any atom is -0.329 e. The summed E-state index contributed by atoms with van der Waals surface area (Å²) in [5.41, 5.74) is -0.0249. The molecule has 0 spiro atoms. The quantitative estimate of drug-likeness (QED) is 0.710. The van der Waals surface area contributed by atoms with Crippen LogP contribution in [0, 0.1) is 0 Å². The number of hydrogen-bond donors (Lipinski definition) is 1. The minimum atomic E-state index is -0.0249. The zero-order chi connectivity index (χ0) is 13.7. The van der Waals surface area contributed by atoms with Gasteiger partial charge in [-0.15, -0.1) is 0 Å². The molecule has 1 heterocycles. The molecule has 1 aromatic carbocycles. The van der Waals surface area contributed by atoms with Crippen molar-refractivity contribution in [2.24, 2.45) is 0 Å². The molecule has 0 saturated carbocycles. The third-order valence-corrected chi connectivity index (χ3v) is 1.68. The van der Waals surface area contributed by atoms with Crippen LogP contribution in [-0.4, -0.2) is 4.98 Å². The number of fused-ring (bicyclic) bond motifs is 1. The van der Waals surface area contributed by atoms with Crippen LogP contribution in [0.25, 0.3) is 10.8 Å². The second kappa shape index (κ2) is 12.5. The maximum absolute atomic E-state index is 11.1. The van der Waals surface area contributed by atoms with Crippen molar-refractivity contribution in [1.29, 1.82) is 0 Å². The standard InChI is InChI=1S/C9H7NO.3C2H6/c11-9-8-4-2-1-3-7(8)5-6-10-9;3*1-2/h1-6H,(H,10,11);3*1-2H3. The number of rotatable bonds is 0. The van der Waals surface area contributed by atoms with Crippen molar-refractivity contribution >= 4 is 10.8 Å². The first-order valence-corrected chi connectivity index (χ1v) is 6.44. The maximum atomic E-state index is 11.1. The molecule has 0 aliphatic carbocycles. The van der Waals surface area contributed by atoms with Gasteiger partial charge in [-0.2, -0.15) is 0 Å². The number of H-pyrrole nitrogens is 1. The topological polar surface area (TPSA) is 32.9 Å². The van der Waals surface area contributed by atoms with E-state index in [0.29, 0.717) is 0 Å². The lowest BCUT2D eigenvalue weighted by Gasteiger charge is -1.92. The van der Waals surface area contributed by atoms with Crippen molar-refractivity contribution in [3.63, 3.8) is 0 Å². The maximum Gasteiger partial charge on any atom is 0.255 e. The van der Waals surface area contributed by atoms with Crippen molar-refractivity contribution in [1.82, 2.24) is 4.98 Å². The van der Waals surface area contributed by atoms with E-state index in [1.54, 1.807) is 6.20 Å². The number of hydrogen-bond acceptors (Lipinski definition) is 1. The molecule has 0 saturated heterocycles. The van der Waals surface area contributed by atoms with Crippen molar-refractivity contribution < 1.29 is 0 Å². The molecule has 0 aliphatic heterocycles. The minimum absolute atomic E-state index is 0.0249. The van der Waals surface area contributed by atoms with E-state index in [-0.39, 0.29) is 5.56 Å². The van der Waals surface area contributed by atoms with Crippen LogP contribution in [0.4, 0.5) is 0 Å². The predicted molar refractivity (Wildman–Crippen MR) is 78.6 cm³/mol. The molecular formula is C15H25NO. The number of nitrogens with one attached hydrogen (secondary N) is 1. The lowest BCUT2D eigenvalue weighted by Crippen LogP contribution is -2.03. The summed E-state index contributed by atoms with van der Waals surface area (Å²) < 4.78 is 0. The molecule has 0 fully saturated rings. The van der Waals surface area contributed by atoms with E-state index in [4.69, 9.17) is 0 Å². The van der Waals surface area contributed by atoms with Gasteiger partial charge in [0.15, 0.2) is 0 Å². The van der Waals surface area contributed by atoms with Crippen LogP contribution in [-0.2, 0) is 0 Å². The van der Waals surface area contributed by atoms with Gasteiger partial charge in [0, 0.05) is 11.6 Å². The highest BCUT2D eigenvalue weighted by atomic mass is 16.1. The summed E-state index contributed by atoms with van der Waals surface area (Å²) in [6, 6.07) is 9.40. The summed E-state index contributed by atoms with van der Waals surface area (Å²) >= 11 is 0. The van der Waals surface area contributed by atoms with Crippen LogP contribution < -0.4 is 5.56 Å². The molecule has 0 atom stereocenters. The average Bonchev–Trinajstić information content (AvgIpc) is 2.46. The van der Waals surface area contributed by atoms with Crippen LogP contribution in [0.2, 0.25) is 0 Å². The molecule has 0 bridgehead atoms. The molecule has 1 aromatic heterocycles. The summed E-state index contributed by atoms with van der Waals surface area (Å²) in [6.07, 6.45) is 1.66. The molecule has 1 N–H and O–H groups in total.